The van der Waals surface area contributed by atoms with Gasteiger partial charge in [-0.05, 0) is 13.3 Å². The third-order valence-electron chi connectivity index (χ3n) is 2.43. The molecule has 0 fully saturated rings. The van der Waals surface area contributed by atoms with E-state index in [1.165, 1.54) is 0 Å². The number of ether oxygens (including phenoxy) is 1. The van der Waals surface area contributed by atoms with E-state index in [-0.39, 0.29) is 0 Å². The second-order valence-corrected chi connectivity index (χ2v) is 3.79. The molecule has 3 nitrogen and oxygen atoms in total. The Kier molecular flexibility index (Phi) is 3.81. The van der Waals surface area contributed by atoms with E-state index >= 15 is 0 Å². The normalized spacial score (nSPS) is 10.5. The Hall–Kier alpha value is -1.77. The summed E-state index contributed by atoms with van der Waals surface area (Å²) in [6.45, 7) is 4.63. The van der Waals surface area contributed by atoms with Crippen LogP contribution in [0.3, 0.4) is 0 Å². The second kappa shape index (κ2) is 5.53. The zero-order chi connectivity index (χ0) is 12.1. The molecule has 0 aliphatic rings. The zero-order valence-electron chi connectivity index (χ0n) is 10.3. The van der Waals surface area contributed by atoms with Crippen LogP contribution < -0.4 is 4.74 Å². The predicted molar refractivity (Wildman–Crippen MR) is 67.1 cm³/mol. The van der Waals surface area contributed by atoms with Gasteiger partial charge in [0, 0.05) is 12.0 Å². The van der Waals surface area contributed by atoms with Crippen molar-refractivity contribution in [2.75, 3.05) is 6.61 Å². The maximum Gasteiger partial charge on any atom is 0.313 e. The summed E-state index contributed by atoms with van der Waals surface area (Å²) in [5.74, 6) is 1.27. The summed E-state index contributed by atoms with van der Waals surface area (Å²) in [7, 11) is 0. The van der Waals surface area contributed by atoms with Crippen LogP contribution in [0.5, 0.6) is 5.95 Å². The van der Waals surface area contributed by atoms with Crippen molar-refractivity contribution in [2.24, 2.45) is 0 Å². The highest BCUT2D eigenvalue weighted by molar-refractivity contribution is 5.63. The van der Waals surface area contributed by atoms with Gasteiger partial charge in [0.2, 0.25) is 0 Å². The Balaban J connectivity index is 2.37. The van der Waals surface area contributed by atoms with E-state index in [4.69, 9.17) is 9.15 Å². The highest BCUT2D eigenvalue weighted by Crippen LogP contribution is 2.30. The molecular formula is C14H17NO2. The fourth-order valence-electron chi connectivity index (χ4n) is 1.68. The Morgan fingerprint density at radius 2 is 1.94 bits per heavy atom. The molecule has 0 radical (unpaired) electrons. The minimum Gasteiger partial charge on any atom is -0.464 e. The van der Waals surface area contributed by atoms with Crippen molar-refractivity contribution >= 4 is 0 Å². The van der Waals surface area contributed by atoms with Crippen molar-refractivity contribution < 1.29 is 9.15 Å². The SMILES string of the molecule is CCCc1nc(-c2ccccc2)c(OCC)o1. The van der Waals surface area contributed by atoms with Crippen molar-refractivity contribution in [1.82, 2.24) is 4.98 Å². The first-order valence-electron chi connectivity index (χ1n) is 6.03. The first-order chi connectivity index (χ1) is 8.35. The maximum atomic E-state index is 5.62. The van der Waals surface area contributed by atoms with E-state index in [1.807, 2.05) is 37.3 Å². The van der Waals surface area contributed by atoms with Gasteiger partial charge in [0.25, 0.3) is 0 Å². The Morgan fingerprint density at radius 3 is 2.59 bits per heavy atom. The predicted octanol–water partition coefficient (Wildman–Crippen LogP) is 3.69. The van der Waals surface area contributed by atoms with Crippen molar-refractivity contribution in [2.45, 2.75) is 26.7 Å². The summed E-state index contributed by atoms with van der Waals surface area (Å²) in [6.07, 6.45) is 1.85. The third-order valence-corrected chi connectivity index (χ3v) is 2.43. The van der Waals surface area contributed by atoms with Crippen molar-refractivity contribution in [3.63, 3.8) is 0 Å². The molecule has 0 unspecified atom stereocenters. The molecule has 0 saturated heterocycles. The standard InChI is InChI=1S/C14H17NO2/c1-3-8-12-15-13(14(17-12)16-4-2)11-9-6-5-7-10-11/h5-7,9-10H,3-4,8H2,1-2H3. The van der Waals surface area contributed by atoms with Gasteiger partial charge in [0.05, 0.1) is 6.61 Å². The molecule has 3 heteroatoms. The van der Waals surface area contributed by atoms with Crippen LogP contribution in [0.15, 0.2) is 34.7 Å². The van der Waals surface area contributed by atoms with E-state index in [2.05, 4.69) is 11.9 Å². The largest absolute Gasteiger partial charge is 0.464 e. The summed E-state index contributed by atoms with van der Waals surface area (Å²) in [4.78, 5) is 4.50. The molecule has 0 saturated carbocycles. The molecule has 0 amide bonds. The molecule has 0 aliphatic carbocycles. The molecule has 0 bridgehead atoms. The summed E-state index contributed by atoms with van der Waals surface area (Å²) in [5, 5.41) is 0. The van der Waals surface area contributed by atoms with Crippen LogP contribution in [-0.2, 0) is 6.42 Å². The quantitative estimate of drug-likeness (QED) is 0.787. The van der Waals surface area contributed by atoms with Crippen LogP contribution in [0.1, 0.15) is 26.2 Å². The van der Waals surface area contributed by atoms with Crippen LogP contribution in [-0.4, -0.2) is 11.6 Å². The molecule has 2 aromatic rings. The minimum absolute atomic E-state index is 0.530. The van der Waals surface area contributed by atoms with Gasteiger partial charge in [-0.25, -0.2) is 4.98 Å². The van der Waals surface area contributed by atoms with Crippen molar-refractivity contribution in [1.29, 1.82) is 0 Å². The fourth-order valence-corrected chi connectivity index (χ4v) is 1.68. The molecule has 0 N–H and O–H groups in total. The van der Waals surface area contributed by atoms with Crippen LogP contribution in [0.2, 0.25) is 0 Å². The van der Waals surface area contributed by atoms with E-state index < -0.39 is 0 Å². The van der Waals surface area contributed by atoms with Crippen molar-refractivity contribution in [3.8, 4) is 17.2 Å². The van der Waals surface area contributed by atoms with Gasteiger partial charge in [-0.3, -0.25) is 0 Å². The number of hydrogen-bond donors (Lipinski definition) is 0. The van der Waals surface area contributed by atoms with Gasteiger partial charge in [-0.2, -0.15) is 0 Å². The number of rotatable bonds is 5. The smallest absolute Gasteiger partial charge is 0.313 e. The molecule has 1 aromatic heterocycles. The Morgan fingerprint density at radius 1 is 1.18 bits per heavy atom. The average molecular weight is 231 g/mol. The number of hydrogen-bond acceptors (Lipinski definition) is 3. The molecular weight excluding hydrogens is 214 g/mol. The molecule has 1 aromatic carbocycles. The number of oxazole rings is 1. The molecule has 90 valence electrons. The summed E-state index contributed by atoms with van der Waals surface area (Å²) in [6, 6.07) is 9.97. The van der Waals surface area contributed by atoms with Gasteiger partial charge in [0.15, 0.2) is 11.6 Å². The lowest BCUT2D eigenvalue weighted by Gasteiger charge is -2.00. The number of aromatic nitrogens is 1. The van der Waals surface area contributed by atoms with Crippen LogP contribution in [0.25, 0.3) is 11.3 Å². The molecule has 0 atom stereocenters. The third kappa shape index (κ3) is 2.67. The van der Waals surface area contributed by atoms with E-state index in [9.17, 15) is 0 Å². The first kappa shape index (κ1) is 11.7. The summed E-state index contributed by atoms with van der Waals surface area (Å²) >= 11 is 0. The monoisotopic (exact) mass is 231 g/mol. The average Bonchev–Trinajstić information content (AvgIpc) is 2.74. The van der Waals surface area contributed by atoms with Crippen LogP contribution in [0, 0.1) is 0 Å². The lowest BCUT2D eigenvalue weighted by atomic mass is 10.2. The highest BCUT2D eigenvalue weighted by atomic mass is 16.6. The molecule has 17 heavy (non-hydrogen) atoms. The summed E-state index contributed by atoms with van der Waals surface area (Å²) < 4.78 is 11.1. The van der Waals surface area contributed by atoms with E-state index in [0.717, 1.165) is 30.0 Å². The molecule has 0 aliphatic heterocycles. The van der Waals surface area contributed by atoms with Crippen molar-refractivity contribution in [3.05, 3.63) is 36.2 Å². The Bertz CT molecular complexity index is 462. The van der Waals surface area contributed by atoms with E-state index in [1.54, 1.807) is 0 Å². The number of benzene rings is 1. The van der Waals surface area contributed by atoms with Gasteiger partial charge < -0.3 is 9.15 Å². The van der Waals surface area contributed by atoms with Gasteiger partial charge in [-0.15, -0.1) is 0 Å². The lowest BCUT2D eigenvalue weighted by Crippen LogP contribution is -1.91. The highest BCUT2D eigenvalue weighted by Gasteiger charge is 2.15. The number of nitrogens with zero attached hydrogens (tertiary/aromatic N) is 1. The van der Waals surface area contributed by atoms with Crippen LogP contribution in [0.4, 0.5) is 0 Å². The Labute approximate surface area is 101 Å². The summed E-state index contributed by atoms with van der Waals surface area (Å²) in [5.41, 5.74) is 1.83. The molecule has 2 rings (SSSR count). The van der Waals surface area contributed by atoms with Gasteiger partial charge in [0.1, 0.15) is 0 Å². The molecule has 0 spiro atoms. The zero-order valence-corrected chi connectivity index (χ0v) is 10.3. The lowest BCUT2D eigenvalue weighted by molar-refractivity contribution is 0.251. The van der Waals surface area contributed by atoms with Gasteiger partial charge >= 0.3 is 5.95 Å². The second-order valence-electron chi connectivity index (χ2n) is 3.79. The topological polar surface area (TPSA) is 35.3 Å². The van der Waals surface area contributed by atoms with Crippen LogP contribution >= 0.6 is 0 Å². The van der Waals surface area contributed by atoms with E-state index in [0.29, 0.717) is 12.6 Å². The van der Waals surface area contributed by atoms with Gasteiger partial charge in [-0.1, -0.05) is 37.3 Å². The number of aryl methyl sites for hydroxylation is 1. The fraction of sp³-hybridized carbons (Fsp3) is 0.357. The molecule has 1 heterocycles. The maximum absolute atomic E-state index is 5.62. The minimum atomic E-state index is 0.530. The first-order valence-corrected chi connectivity index (χ1v) is 6.03.